The maximum Gasteiger partial charge on any atom is 0.175 e. The topological polar surface area (TPSA) is 48.9 Å². The van der Waals surface area contributed by atoms with E-state index in [1.54, 1.807) is 6.07 Å². The molecule has 2 aromatic rings. The van der Waals surface area contributed by atoms with Crippen LogP contribution < -0.4 is 0 Å². The molecule has 1 heterocycles. The lowest BCUT2D eigenvalue weighted by atomic mass is 10.2. The van der Waals surface area contributed by atoms with E-state index in [-0.39, 0.29) is 5.75 Å². The highest BCUT2D eigenvalue weighted by molar-refractivity contribution is 9.10. The van der Waals surface area contributed by atoms with Gasteiger partial charge in [0, 0.05) is 0 Å². The largest absolute Gasteiger partial charge is 0.506 e. The number of nitrogens with one attached hydrogen (secondary N) is 1. The van der Waals surface area contributed by atoms with Gasteiger partial charge in [-0.15, -0.1) is 0 Å². The summed E-state index contributed by atoms with van der Waals surface area (Å²) >= 11 is 3.22. The number of aryl methyl sites for hydroxylation is 1. The third-order valence-corrected chi connectivity index (χ3v) is 2.17. The zero-order chi connectivity index (χ0) is 8.72. The molecule has 0 aliphatic rings. The van der Waals surface area contributed by atoms with Crippen molar-refractivity contribution in [2.24, 2.45) is 0 Å². The standard InChI is InChI=1S/C8H7BrN2O/c1-4-2-3-5(12)7-6(4)10-8(9)11-7/h2-3,12H,1H3,(H,10,11). The molecule has 0 amide bonds. The van der Waals surface area contributed by atoms with Gasteiger partial charge in [0.15, 0.2) is 4.73 Å². The highest BCUT2D eigenvalue weighted by atomic mass is 79.9. The molecule has 12 heavy (non-hydrogen) atoms. The number of phenolic OH excluding ortho intramolecular Hbond substituents is 1. The van der Waals surface area contributed by atoms with Gasteiger partial charge >= 0.3 is 0 Å². The Morgan fingerprint density at radius 2 is 2.25 bits per heavy atom. The summed E-state index contributed by atoms with van der Waals surface area (Å²) in [6.45, 7) is 1.95. The zero-order valence-corrected chi connectivity index (χ0v) is 8.01. The first kappa shape index (κ1) is 7.61. The summed E-state index contributed by atoms with van der Waals surface area (Å²) < 4.78 is 0.641. The van der Waals surface area contributed by atoms with Crippen LogP contribution in [0.15, 0.2) is 16.9 Å². The number of halogens is 1. The van der Waals surface area contributed by atoms with E-state index in [1.807, 2.05) is 13.0 Å². The highest BCUT2D eigenvalue weighted by Gasteiger charge is 2.06. The fourth-order valence-electron chi connectivity index (χ4n) is 1.18. The SMILES string of the molecule is Cc1ccc(O)c2[nH]c(Br)nc12. The molecule has 62 valence electrons. The molecule has 0 spiro atoms. The van der Waals surface area contributed by atoms with Crippen molar-refractivity contribution >= 4 is 27.0 Å². The van der Waals surface area contributed by atoms with Crippen molar-refractivity contribution in [1.82, 2.24) is 9.97 Å². The van der Waals surface area contributed by atoms with Gasteiger partial charge in [0.1, 0.15) is 11.3 Å². The Morgan fingerprint density at radius 3 is 2.92 bits per heavy atom. The lowest BCUT2D eigenvalue weighted by Gasteiger charge is -1.95. The molecule has 1 aromatic carbocycles. The summed E-state index contributed by atoms with van der Waals surface area (Å²) in [4.78, 5) is 7.10. The number of benzene rings is 1. The number of aromatic nitrogens is 2. The third-order valence-electron chi connectivity index (χ3n) is 1.80. The van der Waals surface area contributed by atoms with E-state index in [2.05, 4.69) is 25.9 Å². The number of H-pyrrole nitrogens is 1. The summed E-state index contributed by atoms with van der Waals surface area (Å²) in [5.41, 5.74) is 2.54. The van der Waals surface area contributed by atoms with Crippen LogP contribution in [0.4, 0.5) is 0 Å². The van der Waals surface area contributed by atoms with E-state index >= 15 is 0 Å². The van der Waals surface area contributed by atoms with Gasteiger partial charge in [-0.25, -0.2) is 4.98 Å². The molecule has 4 heteroatoms. The van der Waals surface area contributed by atoms with E-state index in [0.717, 1.165) is 11.1 Å². The van der Waals surface area contributed by atoms with Crippen molar-refractivity contribution in [3.63, 3.8) is 0 Å². The Balaban J connectivity index is 2.93. The van der Waals surface area contributed by atoms with E-state index in [9.17, 15) is 5.11 Å². The molecule has 0 bridgehead atoms. The van der Waals surface area contributed by atoms with Crippen LogP contribution in [0.5, 0.6) is 5.75 Å². The summed E-state index contributed by atoms with van der Waals surface area (Å²) in [5.74, 6) is 0.230. The van der Waals surface area contributed by atoms with Crippen LogP contribution in [0.3, 0.4) is 0 Å². The Labute approximate surface area is 77.6 Å². The van der Waals surface area contributed by atoms with Crippen LogP contribution in [-0.2, 0) is 0 Å². The fraction of sp³-hybridized carbons (Fsp3) is 0.125. The third kappa shape index (κ3) is 0.992. The molecular formula is C8H7BrN2O. The Morgan fingerprint density at radius 1 is 1.50 bits per heavy atom. The molecular weight excluding hydrogens is 220 g/mol. The van der Waals surface area contributed by atoms with E-state index in [0.29, 0.717) is 10.3 Å². The van der Waals surface area contributed by atoms with Crippen LogP contribution in [-0.4, -0.2) is 15.1 Å². The molecule has 2 N–H and O–H groups in total. The normalized spacial score (nSPS) is 10.8. The van der Waals surface area contributed by atoms with Crippen LogP contribution in [0.25, 0.3) is 11.0 Å². The van der Waals surface area contributed by atoms with E-state index in [1.165, 1.54) is 0 Å². The van der Waals surface area contributed by atoms with Crippen LogP contribution >= 0.6 is 15.9 Å². The first-order chi connectivity index (χ1) is 5.68. The molecule has 0 unspecified atom stereocenters. The Bertz CT molecular complexity index is 397. The predicted molar refractivity (Wildman–Crippen MR) is 50.2 cm³/mol. The average Bonchev–Trinajstić information content (AvgIpc) is 2.41. The average molecular weight is 227 g/mol. The molecule has 0 atom stereocenters. The zero-order valence-electron chi connectivity index (χ0n) is 6.43. The molecule has 0 aliphatic carbocycles. The minimum atomic E-state index is 0.230. The number of aromatic amines is 1. The number of hydrogen-bond acceptors (Lipinski definition) is 2. The van der Waals surface area contributed by atoms with Gasteiger partial charge in [-0.05, 0) is 34.5 Å². The maximum absolute atomic E-state index is 9.42. The van der Waals surface area contributed by atoms with Gasteiger partial charge in [-0.1, -0.05) is 6.07 Å². The molecule has 2 rings (SSSR count). The number of aromatic hydroxyl groups is 1. The summed E-state index contributed by atoms with van der Waals surface area (Å²) in [7, 11) is 0. The summed E-state index contributed by atoms with van der Waals surface area (Å²) in [5, 5.41) is 9.42. The minimum Gasteiger partial charge on any atom is -0.506 e. The van der Waals surface area contributed by atoms with Gasteiger partial charge in [0.2, 0.25) is 0 Å². The first-order valence-corrected chi connectivity index (χ1v) is 4.31. The monoisotopic (exact) mass is 226 g/mol. The number of phenols is 1. The molecule has 0 saturated carbocycles. The van der Waals surface area contributed by atoms with Gasteiger partial charge in [-0.2, -0.15) is 0 Å². The second-order valence-corrected chi connectivity index (χ2v) is 3.40. The predicted octanol–water partition coefficient (Wildman–Crippen LogP) is 2.34. The quantitative estimate of drug-likeness (QED) is 0.725. The Hall–Kier alpha value is -1.03. The van der Waals surface area contributed by atoms with E-state index in [4.69, 9.17) is 0 Å². The fourth-order valence-corrected chi connectivity index (χ4v) is 1.56. The molecule has 0 radical (unpaired) electrons. The van der Waals surface area contributed by atoms with Crippen molar-refractivity contribution in [2.75, 3.05) is 0 Å². The van der Waals surface area contributed by atoms with Gasteiger partial charge in [-0.3, -0.25) is 0 Å². The number of imidazole rings is 1. The van der Waals surface area contributed by atoms with Crippen molar-refractivity contribution in [2.45, 2.75) is 6.92 Å². The molecule has 1 aromatic heterocycles. The smallest absolute Gasteiger partial charge is 0.175 e. The lowest BCUT2D eigenvalue weighted by Crippen LogP contribution is -1.76. The van der Waals surface area contributed by atoms with Crippen molar-refractivity contribution in [3.05, 3.63) is 22.4 Å². The van der Waals surface area contributed by atoms with Crippen LogP contribution in [0.1, 0.15) is 5.56 Å². The molecule has 0 fully saturated rings. The van der Waals surface area contributed by atoms with Gasteiger partial charge in [0.25, 0.3) is 0 Å². The Kier molecular flexibility index (Phi) is 1.58. The van der Waals surface area contributed by atoms with Crippen LogP contribution in [0, 0.1) is 6.92 Å². The van der Waals surface area contributed by atoms with Gasteiger partial charge < -0.3 is 10.1 Å². The summed E-state index contributed by atoms with van der Waals surface area (Å²) in [6.07, 6.45) is 0. The molecule has 0 saturated heterocycles. The van der Waals surface area contributed by atoms with Crippen LogP contribution in [0.2, 0.25) is 0 Å². The van der Waals surface area contributed by atoms with Crippen molar-refractivity contribution in [1.29, 1.82) is 0 Å². The number of nitrogens with zero attached hydrogens (tertiary/aromatic N) is 1. The van der Waals surface area contributed by atoms with E-state index < -0.39 is 0 Å². The van der Waals surface area contributed by atoms with Crippen molar-refractivity contribution < 1.29 is 5.11 Å². The minimum absolute atomic E-state index is 0.230. The van der Waals surface area contributed by atoms with Crippen molar-refractivity contribution in [3.8, 4) is 5.75 Å². The molecule has 0 aliphatic heterocycles. The van der Waals surface area contributed by atoms with Gasteiger partial charge in [0.05, 0.1) is 5.52 Å². The molecule has 3 nitrogen and oxygen atoms in total. The highest BCUT2D eigenvalue weighted by Crippen LogP contribution is 2.26. The number of rotatable bonds is 0. The number of fused-ring (bicyclic) bond motifs is 1. The second kappa shape index (κ2) is 2.48. The number of hydrogen-bond donors (Lipinski definition) is 2. The lowest BCUT2D eigenvalue weighted by molar-refractivity contribution is 0.480. The first-order valence-electron chi connectivity index (χ1n) is 3.52. The second-order valence-electron chi connectivity index (χ2n) is 2.65. The maximum atomic E-state index is 9.42. The summed E-state index contributed by atoms with van der Waals surface area (Å²) in [6, 6.07) is 3.49.